The molecule has 1 heterocycles. The van der Waals surface area contributed by atoms with Crippen LogP contribution in [0.15, 0.2) is 0 Å². The maximum Gasteiger partial charge on any atom is 0.0724 e. The Labute approximate surface area is 106 Å². The van der Waals surface area contributed by atoms with Gasteiger partial charge in [-0.1, -0.05) is 13.3 Å². The topological polar surface area (TPSA) is 24.5 Å². The molecule has 1 saturated carbocycles. The Balaban J connectivity index is 1.89. The lowest BCUT2D eigenvalue weighted by Crippen LogP contribution is -2.51. The van der Waals surface area contributed by atoms with Crippen LogP contribution in [0, 0.1) is 5.92 Å². The van der Waals surface area contributed by atoms with Crippen molar-refractivity contribution in [1.29, 1.82) is 0 Å². The van der Waals surface area contributed by atoms with E-state index in [0.29, 0.717) is 6.10 Å². The number of hydrogen-bond acceptors (Lipinski definition) is 3. The van der Waals surface area contributed by atoms with Crippen LogP contribution in [-0.2, 0) is 4.74 Å². The van der Waals surface area contributed by atoms with E-state index < -0.39 is 0 Å². The number of hydrogen-bond donors (Lipinski definition) is 1. The fourth-order valence-corrected chi connectivity index (χ4v) is 3.45. The number of nitrogens with one attached hydrogen (secondary N) is 1. The molecule has 2 aliphatic rings. The molecule has 3 nitrogen and oxygen atoms in total. The monoisotopic (exact) mass is 240 g/mol. The van der Waals surface area contributed by atoms with Gasteiger partial charge in [-0.25, -0.2) is 0 Å². The molecule has 2 rings (SSSR count). The van der Waals surface area contributed by atoms with Gasteiger partial charge in [-0.15, -0.1) is 0 Å². The summed E-state index contributed by atoms with van der Waals surface area (Å²) >= 11 is 0. The van der Waals surface area contributed by atoms with E-state index in [-0.39, 0.29) is 0 Å². The quantitative estimate of drug-likeness (QED) is 0.815. The van der Waals surface area contributed by atoms with Crippen LogP contribution in [0.4, 0.5) is 0 Å². The SMILES string of the molecule is CNC1CCCC(N2CCC(C)C(OC)C2)C1. The Morgan fingerprint density at radius 1 is 1.24 bits per heavy atom. The van der Waals surface area contributed by atoms with E-state index in [1.54, 1.807) is 0 Å². The van der Waals surface area contributed by atoms with Crippen molar-refractivity contribution >= 4 is 0 Å². The van der Waals surface area contributed by atoms with Crippen LogP contribution in [0.3, 0.4) is 0 Å². The van der Waals surface area contributed by atoms with Gasteiger partial charge in [0, 0.05) is 25.7 Å². The highest BCUT2D eigenvalue weighted by Crippen LogP contribution is 2.28. The molecule has 3 heteroatoms. The summed E-state index contributed by atoms with van der Waals surface area (Å²) in [6, 6.07) is 1.51. The lowest BCUT2D eigenvalue weighted by molar-refractivity contribution is -0.0258. The molecule has 1 N–H and O–H groups in total. The van der Waals surface area contributed by atoms with Gasteiger partial charge < -0.3 is 10.1 Å². The minimum absolute atomic E-state index is 0.443. The van der Waals surface area contributed by atoms with Gasteiger partial charge in [0.25, 0.3) is 0 Å². The van der Waals surface area contributed by atoms with Crippen LogP contribution in [0.25, 0.3) is 0 Å². The van der Waals surface area contributed by atoms with Crippen LogP contribution in [0.1, 0.15) is 39.0 Å². The summed E-state index contributed by atoms with van der Waals surface area (Å²) < 4.78 is 5.62. The van der Waals surface area contributed by atoms with Crippen molar-refractivity contribution in [3.63, 3.8) is 0 Å². The normalized spacial score (nSPS) is 40.4. The van der Waals surface area contributed by atoms with E-state index in [4.69, 9.17) is 4.74 Å². The van der Waals surface area contributed by atoms with Crippen molar-refractivity contribution in [2.24, 2.45) is 5.92 Å². The second-order valence-corrected chi connectivity index (χ2v) is 5.84. The molecule has 4 atom stereocenters. The molecule has 0 aromatic rings. The first-order valence-electron chi connectivity index (χ1n) is 7.18. The van der Waals surface area contributed by atoms with Gasteiger partial charge in [0.05, 0.1) is 6.10 Å². The minimum atomic E-state index is 0.443. The maximum absolute atomic E-state index is 5.62. The molecule has 100 valence electrons. The average molecular weight is 240 g/mol. The lowest BCUT2D eigenvalue weighted by Gasteiger charge is -2.43. The summed E-state index contributed by atoms with van der Waals surface area (Å²) in [5.74, 6) is 0.722. The molecule has 2 fully saturated rings. The summed E-state index contributed by atoms with van der Waals surface area (Å²) in [6.07, 6.45) is 7.16. The third-order valence-electron chi connectivity index (χ3n) is 4.79. The van der Waals surface area contributed by atoms with Crippen LogP contribution in [-0.4, -0.2) is 50.3 Å². The van der Waals surface area contributed by atoms with Crippen molar-refractivity contribution < 1.29 is 4.74 Å². The summed E-state index contributed by atoms with van der Waals surface area (Å²) in [5.41, 5.74) is 0. The van der Waals surface area contributed by atoms with Crippen LogP contribution in [0.2, 0.25) is 0 Å². The molecule has 0 aromatic heterocycles. The molecule has 1 saturated heterocycles. The van der Waals surface area contributed by atoms with E-state index in [0.717, 1.165) is 24.5 Å². The van der Waals surface area contributed by atoms with Crippen molar-refractivity contribution in [2.75, 3.05) is 27.2 Å². The van der Waals surface area contributed by atoms with Gasteiger partial charge in [-0.3, -0.25) is 4.90 Å². The van der Waals surface area contributed by atoms with Gasteiger partial charge in [0.15, 0.2) is 0 Å². The van der Waals surface area contributed by atoms with Crippen LogP contribution in [0.5, 0.6) is 0 Å². The van der Waals surface area contributed by atoms with Crippen LogP contribution >= 0.6 is 0 Å². The standard InChI is InChI=1S/C14H28N2O/c1-11-7-8-16(10-14(11)17-3)13-6-4-5-12(9-13)15-2/h11-15H,4-10H2,1-3H3. The molecule has 1 aliphatic heterocycles. The molecule has 0 bridgehead atoms. The first-order valence-corrected chi connectivity index (χ1v) is 7.18. The Morgan fingerprint density at radius 3 is 2.76 bits per heavy atom. The second-order valence-electron chi connectivity index (χ2n) is 5.84. The van der Waals surface area contributed by atoms with Crippen molar-refractivity contribution in [1.82, 2.24) is 10.2 Å². The molecule has 1 aliphatic carbocycles. The van der Waals surface area contributed by atoms with E-state index in [1.807, 2.05) is 7.11 Å². The Morgan fingerprint density at radius 2 is 2.06 bits per heavy atom. The summed E-state index contributed by atoms with van der Waals surface area (Å²) in [5, 5.41) is 3.45. The van der Waals surface area contributed by atoms with Crippen molar-refractivity contribution in [3.8, 4) is 0 Å². The Hall–Kier alpha value is -0.120. The fourth-order valence-electron chi connectivity index (χ4n) is 3.45. The average Bonchev–Trinajstić information content (AvgIpc) is 2.39. The smallest absolute Gasteiger partial charge is 0.0724 e. The lowest BCUT2D eigenvalue weighted by atomic mass is 9.87. The summed E-state index contributed by atoms with van der Waals surface area (Å²) in [4.78, 5) is 2.68. The summed E-state index contributed by atoms with van der Waals surface area (Å²) in [6.45, 7) is 4.73. The van der Waals surface area contributed by atoms with E-state index in [9.17, 15) is 0 Å². The third-order valence-corrected chi connectivity index (χ3v) is 4.79. The molecular formula is C14H28N2O. The van der Waals surface area contributed by atoms with E-state index in [1.165, 1.54) is 38.6 Å². The zero-order chi connectivity index (χ0) is 12.3. The van der Waals surface area contributed by atoms with Crippen LogP contribution < -0.4 is 5.32 Å². The zero-order valence-corrected chi connectivity index (χ0v) is 11.6. The van der Waals surface area contributed by atoms with Crippen molar-refractivity contribution in [2.45, 2.75) is 57.2 Å². The number of ether oxygens (including phenoxy) is 1. The Kier molecular flexibility index (Phi) is 4.83. The highest BCUT2D eigenvalue weighted by atomic mass is 16.5. The number of methoxy groups -OCH3 is 1. The highest BCUT2D eigenvalue weighted by molar-refractivity contribution is 4.88. The number of rotatable bonds is 3. The molecular weight excluding hydrogens is 212 g/mol. The molecule has 0 amide bonds. The predicted molar refractivity (Wildman–Crippen MR) is 71.3 cm³/mol. The number of nitrogens with zero attached hydrogens (tertiary/aromatic N) is 1. The van der Waals surface area contributed by atoms with Gasteiger partial charge in [-0.2, -0.15) is 0 Å². The fraction of sp³-hybridized carbons (Fsp3) is 1.00. The predicted octanol–water partition coefficient (Wildman–Crippen LogP) is 1.87. The van der Waals surface area contributed by atoms with Gasteiger partial charge >= 0.3 is 0 Å². The Bertz CT molecular complexity index is 234. The highest BCUT2D eigenvalue weighted by Gasteiger charge is 2.32. The second kappa shape index (κ2) is 6.17. The number of likely N-dealkylation sites (tertiary alicyclic amines) is 1. The maximum atomic E-state index is 5.62. The van der Waals surface area contributed by atoms with E-state index >= 15 is 0 Å². The number of piperidine rings is 1. The first kappa shape index (κ1) is 13.3. The summed E-state index contributed by atoms with van der Waals surface area (Å²) in [7, 11) is 3.96. The molecule has 0 radical (unpaired) electrons. The molecule has 17 heavy (non-hydrogen) atoms. The first-order chi connectivity index (χ1) is 8.24. The zero-order valence-electron chi connectivity index (χ0n) is 11.6. The molecule has 4 unspecified atom stereocenters. The van der Waals surface area contributed by atoms with E-state index in [2.05, 4.69) is 24.2 Å². The third kappa shape index (κ3) is 3.21. The van der Waals surface area contributed by atoms with Gasteiger partial charge in [0.1, 0.15) is 0 Å². The largest absolute Gasteiger partial charge is 0.380 e. The minimum Gasteiger partial charge on any atom is -0.380 e. The molecule has 0 aromatic carbocycles. The van der Waals surface area contributed by atoms with Gasteiger partial charge in [0.2, 0.25) is 0 Å². The van der Waals surface area contributed by atoms with Crippen molar-refractivity contribution in [3.05, 3.63) is 0 Å². The van der Waals surface area contributed by atoms with Gasteiger partial charge in [-0.05, 0) is 45.2 Å². The molecule has 0 spiro atoms.